The fourth-order valence-corrected chi connectivity index (χ4v) is 3.12. The van der Waals surface area contributed by atoms with E-state index in [0.29, 0.717) is 0 Å². The molecule has 0 aromatic heterocycles. The molecule has 0 radical (unpaired) electrons. The third-order valence-electron chi connectivity index (χ3n) is 3.79. The Kier molecular flexibility index (Phi) is 4.51. The van der Waals surface area contributed by atoms with E-state index in [-0.39, 0.29) is 0 Å². The van der Waals surface area contributed by atoms with Crippen molar-refractivity contribution in [1.82, 2.24) is 0 Å². The molecule has 0 unspecified atom stereocenters. The van der Waals surface area contributed by atoms with Crippen LogP contribution < -0.4 is 5.32 Å². The van der Waals surface area contributed by atoms with Gasteiger partial charge in [-0.2, -0.15) is 0 Å². The lowest BCUT2D eigenvalue weighted by atomic mass is 10.1. The molecule has 0 fully saturated rings. The first-order chi connectivity index (χ1) is 12.2. The lowest BCUT2D eigenvalue weighted by Gasteiger charge is -2.08. The number of anilines is 1. The van der Waals surface area contributed by atoms with E-state index in [9.17, 15) is 0 Å². The molecule has 3 aromatic carbocycles. The molecule has 5 heteroatoms. The summed E-state index contributed by atoms with van der Waals surface area (Å²) in [5, 5.41) is 3.39. The molecule has 0 saturated heterocycles. The van der Waals surface area contributed by atoms with Crippen LogP contribution in [-0.4, -0.2) is 11.5 Å². The maximum absolute atomic E-state index is 4.83. The van der Waals surface area contributed by atoms with Crippen LogP contribution in [0.2, 0.25) is 0 Å². The number of nitrogens with one attached hydrogen (secondary N) is 1. The number of hydrogen-bond donors (Lipinski definition) is 1. The number of amidine groups is 1. The second kappa shape index (κ2) is 6.94. The largest absolute Gasteiger partial charge is 0.338 e. The fourth-order valence-electron chi connectivity index (χ4n) is 2.59. The molecule has 1 aliphatic rings. The fraction of sp³-hybridized carbons (Fsp3) is 0. The highest BCUT2D eigenvalue weighted by molar-refractivity contribution is 9.10. The molecule has 1 N–H and O–H groups in total. The van der Waals surface area contributed by atoms with E-state index in [4.69, 9.17) is 9.98 Å². The number of benzene rings is 3. The van der Waals surface area contributed by atoms with Crippen LogP contribution in [0.1, 0.15) is 5.56 Å². The number of fused-ring (bicyclic) bond motifs is 1. The van der Waals surface area contributed by atoms with Crippen LogP contribution in [0.5, 0.6) is 0 Å². The molecular weight excluding hydrogens is 442 g/mol. The van der Waals surface area contributed by atoms with Crippen molar-refractivity contribution in [3.05, 3.63) is 87.3 Å². The summed E-state index contributed by atoms with van der Waals surface area (Å²) in [6, 6.07) is 24.0. The van der Waals surface area contributed by atoms with E-state index >= 15 is 0 Å². The maximum atomic E-state index is 4.83. The Labute approximate surface area is 162 Å². The Morgan fingerprint density at radius 2 is 1.40 bits per heavy atom. The second-order valence-electron chi connectivity index (χ2n) is 5.55. The van der Waals surface area contributed by atoms with Gasteiger partial charge in [-0.1, -0.05) is 50.1 Å². The van der Waals surface area contributed by atoms with Gasteiger partial charge in [0, 0.05) is 20.2 Å². The minimum atomic E-state index is 0.756. The van der Waals surface area contributed by atoms with Gasteiger partial charge in [0.2, 0.25) is 0 Å². The molecule has 25 heavy (non-hydrogen) atoms. The lowest BCUT2D eigenvalue weighted by molar-refractivity contribution is 1.50. The highest BCUT2D eigenvalue weighted by Gasteiger charge is 2.22. The van der Waals surface area contributed by atoms with Gasteiger partial charge in [0.05, 0.1) is 11.4 Å². The van der Waals surface area contributed by atoms with Gasteiger partial charge in [-0.15, -0.1) is 0 Å². The quantitative estimate of drug-likeness (QED) is 0.472. The number of halogens is 2. The van der Waals surface area contributed by atoms with Crippen molar-refractivity contribution in [2.75, 3.05) is 5.32 Å². The minimum Gasteiger partial charge on any atom is -0.338 e. The van der Waals surface area contributed by atoms with Crippen LogP contribution in [0.25, 0.3) is 0 Å². The van der Waals surface area contributed by atoms with Crippen LogP contribution >= 0.6 is 31.9 Å². The molecule has 1 aliphatic heterocycles. The van der Waals surface area contributed by atoms with Gasteiger partial charge in [-0.05, 0) is 54.6 Å². The van der Waals surface area contributed by atoms with Crippen molar-refractivity contribution < 1.29 is 0 Å². The number of para-hydroxylation sites is 1. The molecule has 0 aliphatic carbocycles. The molecule has 3 aromatic rings. The van der Waals surface area contributed by atoms with E-state index in [1.54, 1.807) is 0 Å². The SMILES string of the molecule is Brc1ccc(N=C2C(Nc3ccc(Br)cc3)=Nc3ccccc32)cc1. The minimum absolute atomic E-state index is 0.756. The molecule has 0 amide bonds. The monoisotopic (exact) mass is 453 g/mol. The van der Waals surface area contributed by atoms with E-state index in [0.717, 1.165) is 43.1 Å². The van der Waals surface area contributed by atoms with Gasteiger partial charge in [0.15, 0.2) is 5.84 Å². The topological polar surface area (TPSA) is 36.8 Å². The zero-order valence-electron chi connectivity index (χ0n) is 13.1. The van der Waals surface area contributed by atoms with Crippen LogP contribution in [0.15, 0.2) is 91.7 Å². The van der Waals surface area contributed by atoms with E-state index in [1.807, 2.05) is 72.8 Å². The summed E-state index contributed by atoms with van der Waals surface area (Å²) in [7, 11) is 0. The summed E-state index contributed by atoms with van der Waals surface area (Å²) >= 11 is 6.92. The standard InChI is InChI=1S/C20H13Br2N3/c21-13-5-9-15(10-6-13)23-19-17-3-1-2-4-18(17)25-20(19)24-16-11-7-14(22)8-12-16/h1-12H,(H,23,24,25). The predicted molar refractivity (Wildman–Crippen MR) is 112 cm³/mol. The Morgan fingerprint density at radius 1 is 0.760 bits per heavy atom. The van der Waals surface area contributed by atoms with Gasteiger partial charge >= 0.3 is 0 Å². The Balaban J connectivity index is 1.74. The summed E-state index contributed by atoms with van der Waals surface area (Å²) < 4.78 is 2.07. The van der Waals surface area contributed by atoms with Crippen molar-refractivity contribution in [3.63, 3.8) is 0 Å². The smallest absolute Gasteiger partial charge is 0.157 e. The van der Waals surface area contributed by atoms with E-state index in [2.05, 4.69) is 37.2 Å². The zero-order chi connectivity index (χ0) is 17.2. The molecule has 3 nitrogen and oxygen atoms in total. The molecule has 122 valence electrons. The zero-order valence-corrected chi connectivity index (χ0v) is 16.3. The normalized spacial score (nSPS) is 14.3. The first kappa shape index (κ1) is 16.2. The average Bonchev–Trinajstić information content (AvgIpc) is 2.96. The number of aliphatic imine (C=N–C) groups is 2. The Morgan fingerprint density at radius 3 is 2.12 bits per heavy atom. The number of nitrogens with zero attached hydrogens (tertiary/aromatic N) is 2. The first-order valence-corrected chi connectivity index (χ1v) is 9.33. The number of rotatable bonds is 2. The van der Waals surface area contributed by atoms with Crippen LogP contribution in [0, 0.1) is 0 Å². The van der Waals surface area contributed by atoms with Crippen molar-refractivity contribution in [1.29, 1.82) is 0 Å². The summed E-state index contributed by atoms with van der Waals surface area (Å²) in [6.45, 7) is 0. The maximum Gasteiger partial charge on any atom is 0.157 e. The highest BCUT2D eigenvalue weighted by Crippen LogP contribution is 2.29. The van der Waals surface area contributed by atoms with Gasteiger partial charge in [-0.25, -0.2) is 9.98 Å². The molecule has 0 bridgehead atoms. The van der Waals surface area contributed by atoms with E-state index < -0.39 is 0 Å². The highest BCUT2D eigenvalue weighted by atomic mass is 79.9. The lowest BCUT2D eigenvalue weighted by Crippen LogP contribution is -2.20. The number of hydrogen-bond acceptors (Lipinski definition) is 3. The van der Waals surface area contributed by atoms with Gasteiger partial charge in [-0.3, -0.25) is 0 Å². The molecule has 0 spiro atoms. The van der Waals surface area contributed by atoms with Crippen LogP contribution in [0.4, 0.5) is 17.1 Å². The molecular formula is C20H13Br2N3. The van der Waals surface area contributed by atoms with Gasteiger partial charge in [0.25, 0.3) is 0 Å². The van der Waals surface area contributed by atoms with Crippen molar-refractivity contribution >= 4 is 60.5 Å². The predicted octanol–water partition coefficient (Wildman–Crippen LogP) is 6.49. The third kappa shape index (κ3) is 3.57. The van der Waals surface area contributed by atoms with Crippen LogP contribution in [0.3, 0.4) is 0 Å². The molecule has 0 atom stereocenters. The Bertz CT molecular complexity index is 975. The van der Waals surface area contributed by atoms with Crippen LogP contribution in [-0.2, 0) is 0 Å². The summed E-state index contributed by atoms with van der Waals surface area (Å²) in [6.07, 6.45) is 0. The summed E-state index contributed by atoms with van der Waals surface area (Å²) in [5.74, 6) is 0.756. The van der Waals surface area contributed by atoms with Crippen molar-refractivity contribution in [3.8, 4) is 0 Å². The first-order valence-electron chi connectivity index (χ1n) is 7.74. The van der Waals surface area contributed by atoms with Gasteiger partial charge < -0.3 is 5.32 Å². The average molecular weight is 455 g/mol. The molecule has 4 rings (SSSR count). The van der Waals surface area contributed by atoms with E-state index in [1.165, 1.54) is 0 Å². The summed E-state index contributed by atoms with van der Waals surface area (Å²) in [4.78, 5) is 9.55. The molecule has 0 saturated carbocycles. The van der Waals surface area contributed by atoms with Crippen molar-refractivity contribution in [2.45, 2.75) is 0 Å². The summed E-state index contributed by atoms with van der Waals surface area (Å²) in [5.41, 5.74) is 4.67. The van der Waals surface area contributed by atoms with Gasteiger partial charge in [0.1, 0.15) is 5.71 Å². The van der Waals surface area contributed by atoms with Crippen molar-refractivity contribution in [2.24, 2.45) is 9.98 Å². The second-order valence-corrected chi connectivity index (χ2v) is 7.38. The molecule has 1 heterocycles. The third-order valence-corrected chi connectivity index (χ3v) is 4.85. The Hall–Kier alpha value is -2.24.